The van der Waals surface area contributed by atoms with E-state index in [1.165, 1.54) is 7.11 Å². The van der Waals surface area contributed by atoms with E-state index in [1.807, 2.05) is 11.5 Å². The van der Waals surface area contributed by atoms with Crippen LogP contribution in [0.4, 0.5) is 0 Å². The zero-order valence-corrected chi connectivity index (χ0v) is 15.6. The highest BCUT2D eigenvalue weighted by Crippen LogP contribution is 2.18. The van der Waals surface area contributed by atoms with Gasteiger partial charge < -0.3 is 19.1 Å². The standard InChI is InChI=1S/C20H23NO6/c1-13-11-16(14(2)21(13)10-9-18(23)26-3)17(22)12-27-20(25)19(24)15-7-5-4-6-8-15/h4-8,11,19,24H,9-10,12H2,1-3H3/t19-/m1/s1. The Morgan fingerprint density at radius 2 is 1.81 bits per heavy atom. The number of hydrogen-bond donors (Lipinski definition) is 1. The molecule has 1 N–H and O–H groups in total. The Morgan fingerprint density at radius 3 is 2.44 bits per heavy atom. The minimum absolute atomic E-state index is 0.193. The molecule has 0 aliphatic heterocycles. The van der Waals surface area contributed by atoms with Gasteiger partial charge in [-0.25, -0.2) is 4.79 Å². The fourth-order valence-corrected chi connectivity index (χ4v) is 2.80. The minimum Gasteiger partial charge on any atom is -0.469 e. The molecule has 1 aromatic carbocycles. The lowest BCUT2D eigenvalue weighted by Crippen LogP contribution is -2.20. The van der Waals surface area contributed by atoms with Crippen LogP contribution in [0.15, 0.2) is 36.4 Å². The first-order chi connectivity index (χ1) is 12.8. The molecule has 0 unspecified atom stereocenters. The number of rotatable bonds is 8. The van der Waals surface area contributed by atoms with E-state index in [0.29, 0.717) is 23.4 Å². The number of Topliss-reactive ketones (excluding diaryl/α,β-unsaturated/α-hetero) is 1. The van der Waals surface area contributed by atoms with Crippen LogP contribution < -0.4 is 0 Å². The number of benzene rings is 1. The monoisotopic (exact) mass is 373 g/mol. The molecule has 2 rings (SSSR count). The fourth-order valence-electron chi connectivity index (χ4n) is 2.80. The van der Waals surface area contributed by atoms with Crippen molar-refractivity contribution >= 4 is 17.7 Å². The number of esters is 2. The lowest BCUT2D eigenvalue weighted by molar-refractivity contribution is -0.152. The summed E-state index contributed by atoms with van der Waals surface area (Å²) < 4.78 is 11.4. The predicted octanol–water partition coefficient (Wildman–Crippen LogP) is 2.13. The normalized spacial score (nSPS) is 11.7. The molecular formula is C20H23NO6. The lowest BCUT2D eigenvalue weighted by Gasteiger charge is -2.11. The van der Waals surface area contributed by atoms with E-state index in [4.69, 9.17) is 4.74 Å². The zero-order valence-electron chi connectivity index (χ0n) is 15.6. The number of aliphatic hydroxyl groups is 1. The first kappa shape index (κ1) is 20.4. The number of aromatic nitrogens is 1. The summed E-state index contributed by atoms with van der Waals surface area (Å²) in [6, 6.07) is 10.0. The molecule has 7 nitrogen and oxygen atoms in total. The topological polar surface area (TPSA) is 94.8 Å². The molecule has 0 fully saturated rings. The number of carbonyl (C=O) groups is 3. The molecule has 0 bridgehead atoms. The van der Waals surface area contributed by atoms with Gasteiger partial charge in [0.05, 0.1) is 13.5 Å². The van der Waals surface area contributed by atoms with Crippen molar-refractivity contribution in [3.05, 3.63) is 58.9 Å². The van der Waals surface area contributed by atoms with E-state index in [2.05, 4.69) is 4.74 Å². The lowest BCUT2D eigenvalue weighted by atomic mass is 10.1. The van der Waals surface area contributed by atoms with Crippen molar-refractivity contribution in [2.24, 2.45) is 0 Å². The van der Waals surface area contributed by atoms with Crippen LogP contribution in [0, 0.1) is 13.8 Å². The van der Waals surface area contributed by atoms with Gasteiger partial charge in [0.25, 0.3) is 0 Å². The molecule has 0 amide bonds. The Hall–Kier alpha value is -2.93. The highest BCUT2D eigenvalue weighted by Gasteiger charge is 2.22. The quantitative estimate of drug-likeness (QED) is 0.563. The Bertz CT molecular complexity index is 824. The number of ether oxygens (including phenoxy) is 2. The van der Waals surface area contributed by atoms with Gasteiger partial charge in [-0.05, 0) is 25.5 Å². The van der Waals surface area contributed by atoms with Crippen LogP contribution in [0.3, 0.4) is 0 Å². The van der Waals surface area contributed by atoms with Crippen LogP contribution in [0.1, 0.15) is 39.8 Å². The van der Waals surface area contributed by atoms with Crippen molar-refractivity contribution in [3.8, 4) is 0 Å². The number of nitrogens with zero attached hydrogens (tertiary/aromatic N) is 1. The summed E-state index contributed by atoms with van der Waals surface area (Å²) in [7, 11) is 1.32. The highest BCUT2D eigenvalue weighted by atomic mass is 16.5. The summed E-state index contributed by atoms with van der Waals surface area (Å²) in [5.74, 6) is -1.59. The fraction of sp³-hybridized carbons (Fsp3) is 0.350. The Kier molecular flexibility index (Phi) is 6.90. The molecule has 0 saturated carbocycles. The van der Waals surface area contributed by atoms with Crippen molar-refractivity contribution in [1.29, 1.82) is 0 Å². The minimum atomic E-state index is -1.44. The summed E-state index contributed by atoms with van der Waals surface area (Å²) in [6.07, 6.45) is -1.25. The highest BCUT2D eigenvalue weighted by molar-refractivity contribution is 5.99. The maximum Gasteiger partial charge on any atom is 0.340 e. The number of ketones is 1. The van der Waals surface area contributed by atoms with Gasteiger partial charge in [0, 0.05) is 23.5 Å². The molecule has 27 heavy (non-hydrogen) atoms. The van der Waals surface area contributed by atoms with Gasteiger partial charge in [-0.2, -0.15) is 0 Å². The summed E-state index contributed by atoms with van der Waals surface area (Å²) in [4.78, 5) is 35.7. The number of aryl methyl sites for hydroxylation is 1. The average molecular weight is 373 g/mol. The second-order valence-corrected chi connectivity index (χ2v) is 6.11. The van der Waals surface area contributed by atoms with Gasteiger partial charge in [-0.15, -0.1) is 0 Å². The SMILES string of the molecule is COC(=O)CCn1c(C)cc(C(=O)COC(=O)[C@H](O)c2ccccc2)c1C. The van der Waals surface area contributed by atoms with Gasteiger partial charge in [-0.1, -0.05) is 30.3 Å². The number of methoxy groups -OCH3 is 1. The molecule has 0 radical (unpaired) electrons. The van der Waals surface area contributed by atoms with E-state index >= 15 is 0 Å². The second kappa shape index (κ2) is 9.14. The maximum atomic E-state index is 12.4. The first-order valence-corrected chi connectivity index (χ1v) is 8.51. The molecule has 7 heteroatoms. The van der Waals surface area contributed by atoms with E-state index in [9.17, 15) is 19.5 Å². The summed E-state index contributed by atoms with van der Waals surface area (Å²) in [5.41, 5.74) is 2.31. The molecule has 1 aromatic heterocycles. The maximum absolute atomic E-state index is 12.4. The third kappa shape index (κ3) is 5.04. The van der Waals surface area contributed by atoms with Gasteiger partial charge >= 0.3 is 11.9 Å². The Balaban J connectivity index is 1.99. The number of aliphatic hydroxyl groups excluding tert-OH is 1. The summed E-state index contributed by atoms with van der Waals surface area (Å²) in [6.45, 7) is 3.51. The van der Waals surface area contributed by atoms with Crippen molar-refractivity contribution in [1.82, 2.24) is 4.57 Å². The average Bonchev–Trinajstić information content (AvgIpc) is 2.97. The van der Waals surface area contributed by atoms with Gasteiger partial charge in [-0.3, -0.25) is 9.59 Å². The van der Waals surface area contributed by atoms with Crippen molar-refractivity contribution in [2.45, 2.75) is 32.9 Å². The third-order valence-corrected chi connectivity index (χ3v) is 4.33. The molecule has 0 aliphatic rings. The smallest absolute Gasteiger partial charge is 0.340 e. The van der Waals surface area contributed by atoms with E-state index in [0.717, 1.165) is 5.69 Å². The van der Waals surface area contributed by atoms with Gasteiger partial charge in [0.15, 0.2) is 12.7 Å². The van der Waals surface area contributed by atoms with E-state index in [1.54, 1.807) is 43.3 Å². The van der Waals surface area contributed by atoms with E-state index < -0.39 is 18.7 Å². The van der Waals surface area contributed by atoms with Gasteiger partial charge in [0.1, 0.15) is 0 Å². The van der Waals surface area contributed by atoms with Crippen LogP contribution in [-0.2, 0) is 25.6 Å². The Morgan fingerprint density at radius 1 is 1.15 bits per heavy atom. The largest absolute Gasteiger partial charge is 0.469 e. The zero-order chi connectivity index (χ0) is 20.0. The molecule has 144 valence electrons. The van der Waals surface area contributed by atoms with Crippen LogP contribution in [0.25, 0.3) is 0 Å². The predicted molar refractivity (Wildman–Crippen MR) is 97.2 cm³/mol. The summed E-state index contributed by atoms with van der Waals surface area (Å²) >= 11 is 0. The molecule has 0 spiro atoms. The van der Waals surface area contributed by atoms with Crippen LogP contribution >= 0.6 is 0 Å². The first-order valence-electron chi connectivity index (χ1n) is 8.51. The second-order valence-electron chi connectivity index (χ2n) is 6.11. The molecule has 0 saturated heterocycles. The molecule has 0 aliphatic carbocycles. The molecular weight excluding hydrogens is 350 g/mol. The number of carbonyl (C=O) groups excluding carboxylic acids is 3. The van der Waals surface area contributed by atoms with Crippen LogP contribution in [0.2, 0.25) is 0 Å². The molecule has 1 atom stereocenters. The van der Waals surface area contributed by atoms with Crippen LogP contribution in [-0.4, -0.2) is 41.1 Å². The summed E-state index contributed by atoms with van der Waals surface area (Å²) in [5, 5.41) is 9.99. The Labute approximate surface area is 157 Å². The van der Waals surface area contributed by atoms with Crippen molar-refractivity contribution in [3.63, 3.8) is 0 Å². The molecule has 1 heterocycles. The van der Waals surface area contributed by atoms with Crippen LogP contribution in [0.5, 0.6) is 0 Å². The van der Waals surface area contributed by atoms with Crippen molar-refractivity contribution < 1.29 is 29.0 Å². The third-order valence-electron chi connectivity index (χ3n) is 4.33. The van der Waals surface area contributed by atoms with Gasteiger partial charge in [0.2, 0.25) is 5.78 Å². The van der Waals surface area contributed by atoms with E-state index in [-0.39, 0.29) is 18.2 Å². The van der Waals surface area contributed by atoms with Crippen molar-refractivity contribution in [2.75, 3.05) is 13.7 Å². The molecule has 2 aromatic rings. The number of hydrogen-bond acceptors (Lipinski definition) is 6.